The Kier molecular flexibility index (Phi) is 3.77. The van der Waals surface area contributed by atoms with Crippen LogP contribution >= 0.6 is 0 Å². The van der Waals surface area contributed by atoms with Crippen LogP contribution in [0.5, 0.6) is 0 Å². The number of hydrogen-bond acceptors (Lipinski definition) is 3. The van der Waals surface area contributed by atoms with E-state index in [1.807, 2.05) is 24.5 Å². The molecule has 2 heterocycles. The lowest BCUT2D eigenvalue weighted by atomic mass is 9.73. The normalized spacial score (nSPS) is 31.0. The van der Waals surface area contributed by atoms with Crippen molar-refractivity contribution < 1.29 is 13.7 Å². The summed E-state index contributed by atoms with van der Waals surface area (Å²) in [5, 5.41) is 1.17. The van der Waals surface area contributed by atoms with Crippen molar-refractivity contribution in [1.29, 1.82) is 0 Å². The monoisotopic (exact) mass is 312 g/mol. The fourth-order valence-electron chi connectivity index (χ4n) is 4.19. The molecule has 1 aliphatic carbocycles. The zero-order valence-corrected chi connectivity index (χ0v) is 14.2. The van der Waals surface area contributed by atoms with Crippen LogP contribution in [0.2, 0.25) is 0 Å². The molecule has 1 saturated heterocycles. The SMILES string of the molecule is CC(C)[C@H]1CC[C@]2(C)OB(Cc3coc4ccccc34)O[C@@H]2C1. The van der Waals surface area contributed by atoms with Crippen LogP contribution < -0.4 is 0 Å². The first-order chi connectivity index (χ1) is 11.0. The van der Waals surface area contributed by atoms with E-state index in [4.69, 9.17) is 13.7 Å². The Morgan fingerprint density at radius 1 is 1.30 bits per heavy atom. The van der Waals surface area contributed by atoms with Crippen LogP contribution in [0.1, 0.15) is 45.6 Å². The average Bonchev–Trinajstić information content (AvgIpc) is 3.07. The Bertz CT molecular complexity index is 695. The molecule has 4 heteroatoms. The molecule has 0 N–H and O–H groups in total. The van der Waals surface area contributed by atoms with Crippen molar-refractivity contribution in [3.63, 3.8) is 0 Å². The van der Waals surface area contributed by atoms with Crippen LogP contribution in [0, 0.1) is 11.8 Å². The summed E-state index contributed by atoms with van der Waals surface area (Å²) >= 11 is 0. The highest BCUT2D eigenvalue weighted by atomic mass is 16.7. The lowest BCUT2D eigenvalue weighted by Crippen LogP contribution is -2.43. The Morgan fingerprint density at radius 2 is 2.13 bits per heavy atom. The minimum Gasteiger partial charge on any atom is -0.464 e. The molecule has 0 spiro atoms. The van der Waals surface area contributed by atoms with Gasteiger partial charge in [0.2, 0.25) is 0 Å². The molecule has 2 aliphatic rings. The first kappa shape index (κ1) is 15.3. The molecule has 0 amide bonds. The van der Waals surface area contributed by atoms with Gasteiger partial charge in [0.15, 0.2) is 0 Å². The standard InChI is InChI=1S/C19H25BO3/c1-13(2)14-8-9-19(3)18(10-14)22-20(23-19)11-15-12-21-17-7-5-4-6-16(15)17/h4-7,12-14,18H,8-11H2,1-3H3/t14-,18+,19-/m0/s1. The van der Waals surface area contributed by atoms with Crippen molar-refractivity contribution in [3.05, 3.63) is 36.1 Å². The van der Waals surface area contributed by atoms with E-state index in [2.05, 4.69) is 26.8 Å². The predicted molar refractivity (Wildman–Crippen MR) is 92.2 cm³/mol. The van der Waals surface area contributed by atoms with Crippen LogP contribution in [0.15, 0.2) is 34.9 Å². The molecule has 2 fully saturated rings. The maximum absolute atomic E-state index is 6.34. The van der Waals surface area contributed by atoms with Gasteiger partial charge in [0, 0.05) is 11.7 Å². The fraction of sp³-hybridized carbons (Fsp3) is 0.579. The summed E-state index contributed by atoms with van der Waals surface area (Å²) in [6.45, 7) is 6.86. The highest BCUT2D eigenvalue weighted by Crippen LogP contribution is 2.44. The van der Waals surface area contributed by atoms with Crippen molar-refractivity contribution in [1.82, 2.24) is 0 Å². The zero-order chi connectivity index (χ0) is 16.0. The molecule has 1 aromatic heterocycles. The average molecular weight is 312 g/mol. The number of benzene rings is 1. The highest BCUT2D eigenvalue weighted by Gasteiger charge is 2.51. The largest absolute Gasteiger partial charge is 0.464 e. The van der Waals surface area contributed by atoms with E-state index < -0.39 is 0 Å². The lowest BCUT2D eigenvalue weighted by Gasteiger charge is -2.39. The lowest BCUT2D eigenvalue weighted by molar-refractivity contribution is -0.00959. The molecule has 0 bridgehead atoms. The second kappa shape index (κ2) is 5.68. The van der Waals surface area contributed by atoms with E-state index >= 15 is 0 Å². The zero-order valence-electron chi connectivity index (χ0n) is 14.2. The Balaban J connectivity index is 1.50. The third-order valence-corrected chi connectivity index (χ3v) is 5.82. The fourth-order valence-corrected chi connectivity index (χ4v) is 4.19. The van der Waals surface area contributed by atoms with E-state index in [-0.39, 0.29) is 18.8 Å². The topological polar surface area (TPSA) is 31.6 Å². The smallest absolute Gasteiger partial charge is 0.462 e. The number of furan rings is 1. The van der Waals surface area contributed by atoms with Crippen LogP contribution in [0.4, 0.5) is 0 Å². The molecule has 122 valence electrons. The van der Waals surface area contributed by atoms with E-state index in [1.54, 1.807) is 0 Å². The summed E-state index contributed by atoms with van der Waals surface area (Å²) in [6.07, 6.45) is 6.30. The van der Waals surface area contributed by atoms with Gasteiger partial charge < -0.3 is 13.7 Å². The van der Waals surface area contributed by atoms with Crippen molar-refractivity contribution >= 4 is 18.1 Å². The molecular formula is C19H25BO3. The molecule has 3 nitrogen and oxygen atoms in total. The maximum atomic E-state index is 6.34. The van der Waals surface area contributed by atoms with Gasteiger partial charge in [-0.1, -0.05) is 32.0 Å². The van der Waals surface area contributed by atoms with Crippen molar-refractivity contribution in [2.45, 2.75) is 58.1 Å². The summed E-state index contributed by atoms with van der Waals surface area (Å²) in [5.41, 5.74) is 1.99. The van der Waals surface area contributed by atoms with Gasteiger partial charge in [-0.15, -0.1) is 0 Å². The number of rotatable bonds is 3. The maximum Gasteiger partial charge on any atom is 0.462 e. The van der Waals surface area contributed by atoms with E-state index in [9.17, 15) is 0 Å². The van der Waals surface area contributed by atoms with Gasteiger partial charge in [0.1, 0.15) is 5.58 Å². The quantitative estimate of drug-likeness (QED) is 0.774. The summed E-state index contributed by atoms with van der Waals surface area (Å²) in [4.78, 5) is 0. The predicted octanol–water partition coefficient (Wildman–Crippen LogP) is 4.63. The number of hydrogen-bond donors (Lipinski definition) is 0. The first-order valence-electron chi connectivity index (χ1n) is 8.83. The molecule has 23 heavy (non-hydrogen) atoms. The van der Waals surface area contributed by atoms with Gasteiger partial charge in [0.25, 0.3) is 0 Å². The van der Waals surface area contributed by atoms with Crippen LogP contribution in [0.3, 0.4) is 0 Å². The highest BCUT2D eigenvalue weighted by molar-refractivity contribution is 6.45. The Hall–Kier alpha value is -1.26. The number of para-hydroxylation sites is 1. The van der Waals surface area contributed by atoms with Gasteiger partial charge >= 0.3 is 7.12 Å². The van der Waals surface area contributed by atoms with Crippen molar-refractivity contribution in [2.75, 3.05) is 0 Å². The summed E-state index contributed by atoms with van der Waals surface area (Å²) < 4.78 is 18.3. The molecular weight excluding hydrogens is 287 g/mol. The minimum absolute atomic E-state index is 0.115. The first-order valence-corrected chi connectivity index (χ1v) is 8.83. The van der Waals surface area contributed by atoms with E-state index in [0.717, 1.165) is 36.6 Å². The van der Waals surface area contributed by atoms with E-state index in [1.165, 1.54) is 17.4 Å². The molecule has 1 aliphatic heterocycles. The molecule has 0 radical (unpaired) electrons. The molecule has 1 saturated carbocycles. The summed E-state index contributed by atoms with van der Waals surface area (Å²) in [5.74, 6) is 1.48. The van der Waals surface area contributed by atoms with E-state index in [0.29, 0.717) is 0 Å². The Morgan fingerprint density at radius 3 is 2.96 bits per heavy atom. The summed E-state index contributed by atoms with van der Waals surface area (Å²) in [6, 6.07) is 8.15. The minimum atomic E-state index is -0.156. The second-order valence-corrected chi connectivity index (χ2v) is 7.72. The van der Waals surface area contributed by atoms with Crippen molar-refractivity contribution in [2.24, 2.45) is 11.8 Å². The van der Waals surface area contributed by atoms with Gasteiger partial charge in [-0.3, -0.25) is 0 Å². The molecule has 1 aromatic carbocycles. The van der Waals surface area contributed by atoms with Crippen molar-refractivity contribution in [3.8, 4) is 0 Å². The second-order valence-electron chi connectivity index (χ2n) is 7.72. The molecule has 4 rings (SSSR count). The van der Waals surface area contributed by atoms with Crippen LogP contribution in [0.25, 0.3) is 11.0 Å². The summed E-state index contributed by atoms with van der Waals surface area (Å²) in [7, 11) is -0.156. The van der Waals surface area contributed by atoms with Gasteiger partial charge in [0.05, 0.1) is 18.0 Å². The molecule has 2 aromatic rings. The van der Waals surface area contributed by atoms with Gasteiger partial charge in [-0.05, 0) is 49.7 Å². The molecule has 0 unspecified atom stereocenters. The third-order valence-electron chi connectivity index (χ3n) is 5.82. The van der Waals surface area contributed by atoms with Crippen LogP contribution in [-0.4, -0.2) is 18.8 Å². The van der Waals surface area contributed by atoms with Gasteiger partial charge in [-0.25, -0.2) is 0 Å². The number of fused-ring (bicyclic) bond motifs is 2. The Labute approximate surface area is 138 Å². The van der Waals surface area contributed by atoms with Crippen LogP contribution in [-0.2, 0) is 15.6 Å². The molecule has 3 atom stereocenters. The third kappa shape index (κ3) is 2.72. The van der Waals surface area contributed by atoms with Gasteiger partial charge in [-0.2, -0.15) is 0 Å².